The van der Waals surface area contributed by atoms with Crippen molar-refractivity contribution in [2.75, 3.05) is 6.61 Å². The van der Waals surface area contributed by atoms with Crippen molar-refractivity contribution in [1.29, 1.82) is 0 Å². The van der Waals surface area contributed by atoms with Gasteiger partial charge >= 0.3 is 0 Å². The Labute approximate surface area is 183 Å². The fraction of sp³-hybridized carbons (Fsp3) is 0.154. The topological polar surface area (TPSA) is 51.8 Å². The van der Waals surface area contributed by atoms with E-state index in [1.807, 2.05) is 48.5 Å². The molecule has 0 amide bonds. The van der Waals surface area contributed by atoms with Gasteiger partial charge in [0, 0.05) is 16.0 Å². The second-order valence-electron chi connectivity index (χ2n) is 7.94. The van der Waals surface area contributed by atoms with E-state index in [1.54, 1.807) is 18.0 Å². The molecule has 0 bridgehead atoms. The first kappa shape index (κ1) is 18.5. The van der Waals surface area contributed by atoms with Gasteiger partial charge in [0.1, 0.15) is 11.3 Å². The summed E-state index contributed by atoms with van der Waals surface area (Å²) in [4.78, 5) is 19.6. The summed E-state index contributed by atoms with van der Waals surface area (Å²) in [6.45, 7) is 2.53. The monoisotopic (exact) mass is 425 g/mol. The zero-order valence-electron chi connectivity index (χ0n) is 16.9. The second-order valence-corrected chi connectivity index (χ2v) is 9.12. The molecule has 3 heterocycles. The van der Waals surface area contributed by atoms with E-state index in [1.165, 1.54) is 0 Å². The van der Waals surface area contributed by atoms with Crippen molar-refractivity contribution in [3.8, 4) is 5.75 Å². The van der Waals surface area contributed by atoms with Crippen molar-refractivity contribution in [3.05, 3.63) is 99.9 Å². The van der Waals surface area contributed by atoms with E-state index < -0.39 is 0 Å². The highest BCUT2D eigenvalue weighted by molar-refractivity contribution is 7.99. The van der Waals surface area contributed by atoms with Crippen LogP contribution in [-0.2, 0) is 0 Å². The average Bonchev–Trinajstić information content (AvgIpc) is 2.96. The number of ether oxygens (including phenoxy) is 1. The minimum atomic E-state index is -0.170. The number of nitrogens with zero attached hydrogens (tertiary/aromatic N) is 1. The molecule has 0 unspecified atom stereocenters. The number of aryl methyl sites for hydroxylation is 1. The van der Waals surface area contributed by atoms with Gasteiger partial charge in [0.15, 0.2) is 5.43 Å². The van der Waals surface area contributed by atoms with Gasteiger partial charge in [-0.3, -0.25) is 9.79 Å². The van der Waals surface area contributed by atoms with Gasteiger partial charge in [0.2, 0.25) is 0 Å². The fourth-order valence-electron chi connectivity index (χ4n) is 4.37. The number of aliphatic imine (C=N–C) groups is 1. The molecule has 0 radical (unpaired) electrons. The molecule has 0 aliphatic carbocycles. The van der Waals surface area contributed by atoms with Gasteiger partial charge in [0.05, 0.1) is 40.8 Å². The smallest absolute Gasteiger partial charge is 0.197 e. The quantitative estimate of drug-likeness (QED) is 0.371. The Morgan fingerprint density at radius 3 is 2.81 bits per heavy atom. The lowest BCUT2D eigenvalue weighted by molar-refractivity contribution is 0.271. The summed E-state index contributed by atoms with van der Waals surface area (Å²) in [6, 6.07) is 21.7. The zero-order valence-corrected chi connectivity index (χ0v) is 17.7. The number of fused-ring (bicyclic) bond motifs is 5. The molecule has 2 atom stereocenters. The molecule has 1 aromatic heterocycles. The number of thioether (sulfide) groups is 1. The van der Waals surface area contributed by atoms with Gasteiger partial charge in [0.25, 0.3) is 0 Å². The third kappa shape index (κ3) is 3.00. The van der Waals surface area contributed by atoms with E-state index in [0.717, 1.165) is 33.2 Å². The van der Waals surface area contributed by atoms with Crippen molar-refractivity contribution >= 4 is 34.1 Å². The molecule has 5 heteroatoms. The maximum absolute atomic E-state index is 13.5. The maximum Gasteiger partial charge on any atom is 0.197 e. The molecule has 0 N–H and O–H groups in total. The Morgan fingerprint density at radius 2 is 1.87 bits per heavy atom. The number of rotatable bonds is 1. The van der Waals surface area contributed by atoms with Gasteiger partial charge in [-0.2, -0.15) is 0 Å². The van der Waals surface area contributed by atoms with Crippen LogP contribution in [0.5, 0.6) is 5.75 Å². The summed E-state index contributed by atoms with van der Waals surface area (Å²) in [5.74, 6) is 0.769. The van der Waals surface area contributed by atoms with E-state index >= 15 is 0 Å². The predicted octanol–water partition coefficient (Wildman–Crippen LogP) is 6.08. The second kappa shape index (κ2) is 7.13. The summed E-state index contributed by atoms with van der Waals surface area (Å²) < 4.78 is 12.0. The first-order chi connectivity index (χ1) is 15.2. The molecular formula is C26H19NO3S. The highest BCUT2D eigenvalue weighted by Crippen LogP contribution is 2.49. The standard InChI is InChI=1S/C26H19NO3S/c1-15-10-11-22-17(12-15)24-18(13-29-22)26(31-23-9-5-3-7-20(23)27-24)19-14-30-21-8-4-2-6-16(21)25(19)28/h2-12,14,18,26H,13H2,1H3/t18-,26+/m0/s1. The van der Waals surface area contributed by atoms with Crippen LogP contribution in [-0.4, -0.2) is 12.3 Å². The first-order valence-corrected chi connectivity index (χ1v) is 11.2. The molecule has 4 aromatic rings. The van der Waals surface area contributed by atoms with Crippen LogP contribution in [0.25, 0.3) is 11.0 Å². The molecule has 152 valence electrons. The first-order valence-electron chi connectivity index (χ1n) is 10.3. The number of para-hydroxylation sites is 2. The molecule has 3 aromatic carbocycles. The van der Waals surface area contributed by atoms with Crippen molar-refractivity contribution in [2.24, 2.45) is 10.9 Å². The van der Waals surface area contributed by atoms with E-state index in [2.05, 4.69) is 25.1 Å². The van der Waals surface area contributed by atoms with E-state index in [0.29, 0.717) is 23.1 Å². The molecule has 0 spiro atoms. The van der Waals surface area contributed by atoms with E-state index in [4.69, 9.17) is 14.1 Å². The van der Waals surface area contributed by atoms with Crippen LogP contribution in [0.15, 0.2) is 92.1 Å². The van der Waals surface area contributed by atoms with Gasteiger partial charge < -0.3 is 9.15 Å². The lowest BCUT2D eigenvalue weighted by Gasteiger charge is -2.31. The Morgan fingerprint density at radius 1 is 1.03 bits per heavy atom. The molecule has 0 fully saturated rings. The molecule has 0 saturated heterocycles. The van der Waals surface area contributed by atoms with E-state index in [9.17, 15) is 4.79 Å². The van der Waals surface area contributed by atoms with E-state index in [-0.39, 0.29) is 16.6 Å². The summed E-state index contributed by atoms with van der Waals surface area (Å²) in [5.41, 5.74) is 5.31. The van der Waals surface area contributed by atoms with Crippen LogP contribution in [0.2, 0.25) is 0 Å². The van der Waals surface area contributed by atoms with Gasteiger partial charge in [-0.05, 0) is 43.3 Å². The highest BCUT2D eigenvalue weighted by atomic mass is 32.2. The summed E-state index contributed by atoms with van der Waals surface area (Å²) in [6.07, 6.45) is 1.62. The Kier molecular flexibility index (Phi) is 4.25. The lowest BCUT2D eigenvalue weighted by Crippen LogP contribution is -2.33. The third-order valence-electron chi connectivity index (χ3n) is 5.92. The predicted molar refractivity (Wildman–Crippen MR) is 124 cm³/mol. The minimum absolute atomic E-state index is 0.00752. The van der Waals surface area contributed by atoms with Gasteiger partial charge in [-0.25, -0.2) is 0 Å². The van der Waals surface area contributed by atoms with Crippen LogP contribution in [0.3, 0.4) is 0 Å². The van der Waals surface area contributed by atoms with Crippen molar-refractivity contribution < 1.29 is 9.15 Å². The van der Waals surface area contributed by atoms with Gasteiger partial charge in [-0.1, -0.05) is 35.9 Å². The van der Waals surface area contributed by atoms with Crippen molar-refractivity contribution in [1.82, 2.24) is 0 Å². The molecule has 4 nitrogen and oxygen atoms in total. The summed E-state index contributed by atoms with van der Waals surface area (Å²) in [5, 5.41) is 0.432. The summed E-state index contributed by atoms with van der Waals surface area (Å²) in [7, 11) is 0. The molecule has 0 saturated carbocycles. The van der Waals surface area contributed by atoms with Gasteiger partial charge in [-0.15, -0.1) is 11.8 Å². The molecule has 2 aliphatic heterocycles. The minimum Gasteiger partial charge on any atom is -0.492 e. The lowest BCUT2D eigenvalue weighted by atomic mass is 9.87. The average molecular weight is 426 g/mol. The molecule has 6 rings (SSSR count). The number of hydrogen-bond donors (Lipinski definition) is 0. The van der Waals surface area contributed by atoms with Crippen LogP contribution < -0.4 is 10.2 Å². The van der Waals surface area contributed by atoms with Crippen LogP contribution in [0, 0.1) is 12.8 Å². The number of hydrogen-bond acceptors (Lipinski definition) is 5. The fourth-order valence-corrected chi connectivity index (χ4v) is 5.70. The normalized spacial score (nSPS) is 19.5. The van der Waals surface area contributed by atoms with Crippen molar-refractivity contribution in [2.45, 2.75) is 17.1 Å². The molecule has 31 heavy (non-hydrogen) atoms. The van der Waals surface area contributed by atoms with Crippen LogP contribution in [0.1, 0.15) is 21.9 Å². The van der Waals surface area contributed by atoms with Crippen LogP contribution >= 0.6 is 11.8 Å². The number of benzene rings is 3. The largest absolute Gasteiger partial charge is 0.492 e. The Hall–Kier alpha value is -3.31. The van der Waals surface area contributed by atoms with Crippen molar-refractivity contribution in [3.63, 3.8) is 0 Å². The Bertz CT molecular complexity index is 1420. The Balaban J connectivity index is 1.59. The van der Waals surface area contributed by atoms with Crippen LogP contribution in [0.4, 0.5) is 5.69 Å². The summed E-state index contributed by atoms with van der Waals surface area (Å²) >= 11 is 1.66. The third-order valence-corrected chi connectivity index (χ3v) is 7.35. The molecule has 2 aliphatic rings. The maximum atomic E-state index is 13.5. The molecular weight excluding hydrogens is 406 g/mol. The highest BCUT2D eigenvalue weighted by Gasteiger charge is 2.38. The SMILES string of the molecule is Cc1ccc2c(c1)C1=Nc3ccccc3S[C@@H](c3coc4ccccc4c3=O)[C@H]1CO2. The zero-order chi connectivity index (χ0) is 20.9.